The smallest absolute Gasteiger partial charge is 0.231 e. The lowest BCUT2D eigenvalue weighted by Crippen LogP contribution is -2.48. The first-order valence-electron chi connectivity index (χ1n) is 9.41. The number of nitrogens with one attached hydrogen (secondary N) is 2. The zero-order valence-electron chi connectivity index (χ0n) is 15.7. The Morgan fingerprint density at radius 3 is 2.81 bits per heavy atom. The van der Waals surface area contributed by atoms with Crippen LogP contribution in [0.4, 0.5) is 0 Å². The van der Waals surface area contributed by atoms with E-state index in [4.69, 9.17) is 9.47 Å². The van der Waals surface area contributed by atoms with E-state index in [2.05, 4.69) is 10.9 Å². The number of fused-ring (bicyclic) bond motifs is 2. The average molecular weight is 374 g/mol. The molecule has 27 heavy (non-hydrogen) atoms. The number of likely N-dealkylation sites (tertiary alicyclic amines) is 1. The molecule has 146 valence electrons. The van der Waals surface area contributed by atoms with Crippen molar-refractivity contribution >= 4 is 11.8 Å². The van der Waals surface area contributed by atoms with Crippen LogP contribution in [0.15, 0.2) is 18.2 Å². The number of amides is 2. The number of carbonyl (C=O) groups excluding carboxylic acids is 2. The van der Waals surface area contributed by atoms with Gasteiger partial charge in [0.1, 0.15) is 0 Å². The van der Waals surface area contributed by atoms with Crippen molar-refractivity contribution in [2.24, 2.45) is 5.92 Å². The molecule has 4 rings (SSSR count). The quantitative estimate of drug-likeness (QED) is 0.805. The molecule has 2 N–H and O–H groups in total. The van der Waals surface area contributed by atoms with Crippen LogP contribution >= 0.6 is 0 Å². The second-order valence-corrected chi connectivity index (χ2v) is 7.57. The summed E-state index contributed by atoms with van der Waals surface area (Å²) in [4.78, 5) is 27.8. The Kier molecular flexibility index (Phi) is 4.92. The van der Waals surface area contributed by atoms with Crippen LogP contribution in [0.5, 0.6) is 11.5 Å². The number of carbonyl (C=O) groups is 2. The van der Waals surface area contributed by atoms with Gasteiger partial charge in [-0.1, -0.05) is 6.07 Å². The number of nitrogens with zero attached hydrogens (tertiary/aromatic N) is 2. The van der Waals surface area contributed by atoms with E-state index in [1.165, 1.54) is 4.90 Å². The standard InChI is InChI=1S/C19H26N4O4/c1-22(2)17(24)5-6-18(25)23-8-7-14-13(10-23)19(21-20-14)12-3-4-15-16(9-12)27-11-26-15/h3-4,9,13-14,19-21H,5-8,10-11H2,1-2H3. The molecular formula is C19H26N4O4. The van der Waals surface area contributed by atoms with E-state index in [9.17, 15) is 9.59 Å². The molecule has 0 saturated carbocycles. The molecule has 1 aromatic rings. The Hall–Kier alpha value is -2.32. The summed E-state index contributed by atoms with van der Waals surface area (Å²) in [5, 5.41) is 0. The Morgan fingerprint density at radius 2 is 2.00 bits per heavy atom. The van der Waals surface area contributed by atoms with Gasteiger partial charge in [0, 0.05) is 52.0 Å². The molecular weight excluding hydrogens is 348 g/mol. The molecule has 3 unspecified atom stereocenters. The molecule has 3 aliphatic heterocycles. The highest BCUT2D eigenvalue weighted by atomic mass is 16.7. The van der Waals surface area contributed by atoms with E-state index in [-0.39, 0.29) is 43.4 Å². The predicted octanol–water partition coefficient (Wildman–Crippen LogP) is 0.650. The molecule has 3 atom stereocenters. The number of piperidine rings is 1. The molecule has 0 radical (unpaired) electrons. The molecule has 0 aliphatic carbocycles. The minimum atomic E-state index is -0.0133. The van der Waals surface area contributed by atoms with Gasteiger partial charge >= 0.3 is 0 Å². The lowest BCUT2D eigenvalue weighted by molar-refractivity contribution is -0.137. The summed E-state index contributed by atoms with van der Waals surface area (Å²) in [5.74, 6) is 1.85. The maximum Gasteiger partial charge on any atom is 0.231 e. The van der Waals surface area contributed by atoms with Gasteiger partial charge in [0.25, 0.3) is 0 Å². The van der Waals surface area contributed by atoms with Crippen LogP contribution in [0.25, 0.3) is 0 Å². The molecule has 1 aromatic carbocycles. The molecule has 2 saturated heterocycles. The summed E-state index contributed by atoms with van der Waals surface area (Å²) in [7, 11) is 3.42. The van der Waals surface area contributed by atoms with E-state index in [0.717, 1.165) is 30.0 Å². The van der Waals surface area contributed by atoms with Crippen molar-refractivity contribution in [3.8, 4) is 11.5 Å². The molecule has 3 heterocycles. The third kappa shape index (κ3) is 3.59. The fraction of sp³-hybridized carbons (Fsp3) is 0.579. The summed E-state index contributed by atoms with van der Waals surface area (Å²) in [6, 6.07) is 6.42. The van der Waals surface area contributed by atoms with Gasteiger partial charge in [-0.05, 0) is 24.1 Å². The van der Waals surface area contributed by atoms with Crippen molar-refractivity contribution in [2.45, 2.75) is 31.3 Å². The van der Waals surface area contributed by atoms with Crippen molar-refractivity contribution in [3.05, 3.63) is 23.8 Å². The molecule has 2 fully saturated rings. The summed E-state index contributed by atoms with van der Waals surface area (Å²) >= 11 is 0. The third-order valence-electron chi connectivity index (χ3n) is 5.67. The van der Waals surface area contributed by atoms with Crippen LogP contribution in [0.1, 0.15) is 30.9 Å². The molecule has 3 aliphatic rings. The molecule has 8 nitrogen and oxygen atoms in total. The van der Waals surface area contributed by atoms with Gasteiger partial charge in [0.2, 0.25) is 18.6 Å². The third-order valence-corrected chi connectivity index (χ3v) is 5.67. The van der Waals surface area contributed by atoms with E-state index in [0.29, 0.717) is 12.6 Å². The highest BCUT2D eigenvalue weighted by Gasteiger charge is 2.41. The SMILES string of the molecule is CN(C)C(=O)CCC(=O)N1CCC2NNC(c3ccc4c(c3)OCO4)C2C1. The van der Waals surface area contributed by atoms with Gasteiger partial charge in [-0.15, -0.1) is 0 Å². The molecule has 8 heteroatoms. The molecule has 0 bridgehead atoms. The number of hydrazine groups is 1. The first-order valence-corrected chi connectivity index (χ1v) is 9.41. The van der Waals surface area contributed by atoms with Crippen molar-refractivity contribution in [1.29, 1.82) is 0 Å². The first-order chi connectivity index (χ1) is 13.0. The zero-order valence-corrected chi connectivity index (χ0v) is 15.7. The largest absolute Gasteiger partial charge is 0.454 e. The lowest BCUT2D eigenvalue weighted by Gasteiger charge is -2.36. The Morgan fingerprint density at radius 1 is 1.19 bits per heavy atom. The van der Waals surface area contributed by atoms with E-state index < -0.39 is 0 Å². The predicted molar refractivity (Wildman–Crippen MR) is 98.0 cm³/mol. The maximum atomic E-state index is 12.6. The van der Waals surface area contributed by atoms with Crippen molar-refractivity contribution in [2.75, 3.05) is 34.0 Å². The molecule has 0 aromatic heterocycles. The topological polar surface area (TPSA) is 83.1 Å². The Balaban J connectivity index is 1.41. The van der Waals surface area contributed by atoms with Crippen LogP contribution < -0.4 is 20.3 Å². The van der Waals surface area contributed by atoms with E-state index >= 15 is 0 Å². The van der Waals surface area contributed by atoms with Crippen molar-refractivity contribution in [1.82, 2.24) is 20.7 Å². The second-order valence-electron chi connectivity index (χ2n) is 7.57. The van der Waals surface area contributed by atoms with Crippen LogP contribution in [-0.4, -0.2) is 61.6 Å². The Bertz CT molecular complexity index is 738. The first kappa shape index (κ1) is 18.1. The zero-order chi connectivity index (χ0) is 19.0. The van der Waals surface area contributed by atoms with Gasteiger partial charge in [-0.3, -0.25) is 15.0 Å². The number of rotatable bonds is 4. The van der Waals surface area contributed by atoms with Gasteiger partial charge in [-0.2, -0.15) is 0 Å². The number of benzene rings is 1. The normalized spacial score (nSPS) is 26.0. The fourth-order valence-electron chi connectivity index (χ4n) is 4.06. The summed E-state index contributed by atoms with van der Waals surface area (Å²) in [6.45, 7) is 1.66. The average Bonchev–Trinajstić information content (AvgIpc) is 3.30. The minimum Gasteiger partial charge on any atom is -0.454 e. The summed E-state index contributed by atoms with van der Waals surface area (Å²) in [6.07, 6.45) is 1.43. The molecule has 2 amide bonds. The minimum absolute atomic E-state index is 0.0133. The highest BCUT2D eigenvalue weighted by Crippen LogP contribution is 2.39. The number of ether oxygens (including phenoxy) is 2. The fourth-order valence-corrected chi connectivity index (χ4v) is 4.06. The summed E-state index contributed by atoms with van der Waals surface area (Å²) < 4.78 is 10.9. The Labute approximate surface area is 158 Å². The van der Waals surface area contributed by atoms with Crippen LogP contribution in [0.2, 0.25) is 0 Å². The summed E-state index contributed by atoms with van der Waals surface area (Å²) in [5.41, 5.74) is 7.89. The van der Waals surface area contributed by atoms with Crippen LogP contribution in [0, 0.1) is 5.92 Å². The van der Waals surface area contributed by atoms with E-state index in [1.807, 2.05) is 23.1 Å². The van der Waals surface area contributed by atoms with Crippen LogP contribution in [-0.2, 0) is 9.59 Å². The van der Waals surface area contributed by atoms with Gasteiger partial charge in [-0.25, -0.2) is 5.43 Å². The van der Waals surface area contributed by atoms with E-state index in [1.54, 1.807) is 14.1 Å². The maximum absolute atomic E-state index is 12.6. The number of hydrogen-bond donors (Lipinski definition) is 2. The second kappa shape index (κ2) is 7.36. The highest BCUT2D eigenvalue weighted by molar-refractivity contribution is 5.83. The number of hydrogen-bond acceptors (Lipinski definition) is 6. The van der Waals surface area contributed by atoms with Crippen molar-refractivity contribution < 1.29 is 19.1 Å². The van der Waals surface area contributed by atoms with Gasteiger partial charge in [0.15, 0.2) is 11.5 Å². The lowest BCUT2D eigenvalue weighted by atomic mass is 9.85. The van der Waals surface area contributed by atoms with Gasteiger partial charge in [0.05, 0.1) is 6.04 Å². The van der Waals surface area contributed by atoms with Gasteiger partial charge < -0.3 is 19.3 Å². The van der Waals surface area contributed by atoms with Crippen LogP contribution in [0.3, 0.4) is 0 Å². The monoisotopic (exact) mass is 374 g/mol. The molecule has 0 spiro atoms. The van der Waals surface area contributed by atoms with Crippen molar-refractivity contribution in [3.63, 3.8) is 0 Å².